The van der Waals surface area contributed by atoms with Crippen molar-refractivity contribution in [1.82, 2.24) is 24.9 Å². The van der Waals surface area contributed by atoms with Gasteiger partial charge in [0.2, 0.25) is 0 Å². The van der Waals surface area contributed by atoms with Crippen LogP contribution in [0.15, 0.2) is 47.3 Å². The molecule has 0 aliphatic carbocycles. The van der Waals surface area contributed by atoms with Gasteiger partial charge in [0.1, 0.15) is 34.4 Å². The zero-order valence-corrected chi connectivity index (χ0v) is 22.4. The topological polar surface area (TPSA) is 101 Å². The van der Waals surface area contributed by atoms with Gasteiger partial charge in [0.25, 0.3) is 0 Å². The lowest BCUT2D eigenvalue weighted by molar-refractivity contribution is -0.0557. The summed E-state index contributed by atoms with van der Waals surface area (Å²) in [5, 5.41) is 12.6. The second-order valence-electron chi connectivity index (χ2n) is 9.34. The van der Waals surface area contributed by atoms with Crippen LogP contribution < -0.4 is 9.47 Å². The summed E-state index contributed by atoms with van der Waals surface area (Å²) in [7, 11) is 1.64. The smallest absolute Gasteiger partial charge is 0.410 e. The van der Waals surface area contributed by atoms with E-state index in [1.54, 1.807) is 24.4 Å². The molecule has 0 radical (unpaired) electrons. The van der Waals surface area contributed by atoms with Crippen LogP contribution in [0.1, 0.15) is 26.3 Å². The first-order valence-electron chi connectivity index (χ1n) is 11.6. The van der Waals surface area contributed by atoms with Crippen molar-refractivity contribution in [1.29, 1.82) is 0 Å². The average molecular weight is 560 g/mol. The molecule has 0 spiro atoms. The molecule has 1 aromatic carbocycles. The second-order valence-corrected chi connectivity index (χ2v) is 10.1. The van der Waals surface area contributed by atoms with Crippen LogP contribution >= 0.6 is 15.9 Å². The zero-order chi connectivity index (χ0) is 25.7. The number of halogens is 1. The number of carbonyl (C=O) groups excluding carboxylic acids is 1. The SMILES string of the molecule is COc1ccc(Cn2nc(-c3ccnnc3)c(OC[C@@H]3CN(C(=O)OC(C)(C)C)CCO3)c2Br)cc1. The Kier molecular flexibility index (Phi) is 8.10. The zero-order valence-electron chi connectivity index (χ0n) is 20.8. The van der Waals surface area contributed by atoms with Gasteiger partial charge in [-0.15, -0.1) is 0 Å². The van der Waals surface area contributed by atoms with Crippen LogP contribution in [0.4, 0.5) is 4.79 Å². The van der Waals surface area contributed by atoms with Gasteiger partial charge >= 0.3 is 6.09 Å². The molecule has 0 N–H and O–H groups in total. The van der Waals surface area contributed by atoms with Crippen molar-refractivity contribution in [3.63, 3.8) is 0 Å². The molecule has 0 unspecified atom stereocenters. The third kappa shape index (κ3) is 6.52. The summed E-state index contributed by atoms with van der Waals surface area (Å²) in [6, 6.07) is 9.63. The molecule has 1 aliphatic heterocycles. The van der Waals surface area contributed by atoms with Crippen molar-refractivity contribution in [2.75, 3.05) is 33.4 Å². The van der Waals surface area contributed by atoms with E-state index in [4.69, 9.17) is 24.0 Å². The van der Waals surface area contributed by atoms with Gasteiger partial charge in [-0.2, -0.15) is 15.3 Å². The molecular formula is C25H30BrN5O5. The van der Waals surface area contributed by atoms with Crippen LogP contribution in [-0.2, 0) is 16.0 Å². The summed E-state index contributed by atoms with van der Waals surface area (Å²) in [6.45, 7) is 7.56. The van der Waals surface area contributed by atoms with Gasteiger partial charge in [-0.1, -0.05) is 12.1 Å². The lowest BCUT2D eigenvalue weighted by Crippen LogP contribution is -2.49. The normalized spacial score (nSPS) is 16.0. The lowest BCUT2D eigenvalue weighted by atomic mass is 10.2. The third-order valence-corrected chi connectivity index (χ3v) is 6.17. The number of morpholine rings is 1. The fourth-order valence-electron chi connectivity index (χ4n) is 3.67. The van der Waals surface area contributed by atoms with Gasteiger partial charge in [0.05, 0.1) is 39.2 Å². The fourth-order valence-corrected chi connectivity index (χ4v) is 4.18. The Morgan fingerprint density at radius 3 is 2.64 bits per heavy atom. The number of amides is 1. The minimum atomic E-state index is -0.557. The van der Waals surface area contributed by atoms with E-state index in [2.05, 4.69) is 26.1 Å². The molecule has 192 valence electrons. The summed E-state index contributed by atoms with van der Waals surface area (Å²) >= 11 is 3.67. The Balaban J connectivity index is 1.51. The lowest BCUT2D eigenvalue weighted by Gasteiger charge is -2.34. The number of carbonyl (C=O) groups is 1. The van der Waals surface area contributed by atoms with Crippen LogP contribution in [0, 0.1) is 0 Å². The van der Waals surface area contributed by atoms with E-state index < -0.39 is 5.60 Å². The minimum Gasteiger partial charge on any atom is -0.497 e. The summed E-state index contributed by atoms with van der Waals surface area (Å²) in [5.41, 5.74) is 1.89. The Labute approximate surface area is 218 Å². The van der Waals surface area contributed by atoms with Crippen LogP contribution in [0.25, 0.3) is 11.3 Å². The molecule has 1 saturated heterocycles. The number of ether oxygens (including phenoxy) is 4. The highest BCUT2D eigenvalue weighted by molar-refractivity contribution is 9.10. The number of rotatable bonds is 7. The maximum atomic E-state index is 12.5. The van der Waals surface area contributed by atoms with Gasteiger partial charge in [-0.3, -0.25) is 0 Å². The monoisotopic (exact) mass is 559 g/mol. The predicted octanol–water partition coefficient (Wildman–Crippen LogP) is 4.17. The molecule has 10 nitrogen and oxygen atoms in total. The van der Waals surface area contributed by atoms with Crippen molar-refractivity contribution in [2.24, 2.45) is 0 Å². The van der Waals surface area contributed by atoms with Gasteiger partial charge in [-0.05, 0) is 60.5 Å². The van der Waals surface area contributed by atoms with E-state index in [9.17, 15) is 4.79 Å². The quantitative estimate of drug-likeness (QED) is 0.425. The number of methoxy groups -OCH3 is 1. The minimum absolute atomic E-state index is 0.234. The van der Waals surface area contributed by atoms with Gasteiger partial charge < -0.3 is 23.8 Å². The molecular weight excluding hydrogens is 530 g/mol. The standard InChI is InChI=1S/C25H30BrN5O5/c1-25(2,3)36-24(32)30-11-12-34-20(15-30)16-35-22-21(18-9-10-27-28-13-18)29-31(23(22)26)14-17-5-7-19(33-4)8-6-17/h5-10,13,20H,11-12,14-16H2,1-4H3/t20-/m0/s1. The Morgan fingerprint density at radius 2 is 1.97 bits per heavy atom. The predicted molar refractivity (Wildman–Crippen MR) is 136 cm³/mol. The van der Waals surface area contributed by atoms with E-state index in [0.717, 1.165) is 16.9 Å². The second kappa shape index (κ2) is 11.3. The number of benzene rings is 1. The summed E-state index contributed by atoms with van der Waals surface area (Å²) < 4.78 is 25.4. The van der Waals surface area contributed by atoms with Gasteiger partial charge in [0, 0.05) is 12.1 Å². The molecule has 3 heterocycles. The summed E-state index contributed by atoms with van der Waals surface area (Å²) in [6.07, 6.45) is 2.58. The first-order chi connectivity index (χ1) is 17.2. The molecule has 2 aromatic heterocycles. The molecule has 1 atom stereocenters. The number of hydrogen-bond donors (Lipinski definition) is 0. The van der Waals surface area contributed by atoms with Gasteiger partial charge in [0.15, 0.2) is 5.75 Å². The Morgan fingerprint density at radius 1 is 1.19 bits per heavy atom. The van der Waals surface area contributed by atoms with Crippen molar-refractivity contribution in [3.05, 3.63) is 52.9 Å². The van der Waals surface area contributed by atoms with E-state index in [-0.39, 0.29) is 18.8 Å². The maximum absolute atomic E-state index is 12.5. The average Bonchev–Trinajstić information content (AvgIpc) is 3.17. The molecule has 0 saturated carbocycles. The fraction of sp³-hybridized carbons (Fsp3) is 0.440. The molecule has 1 amide bonds. The van der Waals surface area contributed by atoms with Gasteiger partial charge in [-0.25, -0.2) is 9.48 Å². The number of hydrogen-bond acceptors (Lipinski definition) is 8. The Hall–Kier alpha value is -3.18. The van der Waals surface area contributed by atoms with Crippen LogP contribution in [0.5, 0.6) is 11.5 Å². The highest BCUT2D eigenvalue weighted by Crippen LogP contribution is 2.36. The van der Waals surface area contributed by atoms with Crippen LogP contribution in [0.3, 0.4) is 0 Å². The molecule has 4 rings (SSSR count). The summed E-state index contributed by atoms with van der Waals surface area (Å²) in [5.74, 6) is 1.35. The highest BCUT2D eigenvalue weighted by Gasteiger charge is 2.29. The van der Waals surface area contributed by atoms with Crippen molar-refractivity contribution in [2.45, 2.75) is 39.0 Å². The molecule has 1 aliphatic rings. The first-order valence-corrected chi connectivity index (χ1v) is 12.4. The van der Waals surface area contributed by atoms with Crippen LogP contribution in [-0.4, -0.2) is 76.1 Å². The molecule has 3 aromatic rings. The van der Waals surface area contributed by atoms with E-state index in [1.165, 1.54) is 0 Å². The van der Waals surface area contributed by atoms with E-state index in [0.29, 0.717) is 42.3 Å². The summed E-state index contributed by atoms with van der Waals surface area (Å²) in [4.78, 5) is 14.2. The first kappa shape index (κ1) is 25.9. The van der Waals surface area contributed by atoms with Crippen LogP contribution in [0.2, 0.25) is 0 Å². The largest absolute Gasteiger partial charge is 0.497 e. The molecule has 36 heavy (non-hydrogen) atoms. The van der Waals surface area contributed by atoms with Crippen molar-refractivity contribution < 1.29 is 23.7 Å². The molecule has 0 bridgehead atoms. The van der Waals surface area contributed by atoms with E-state index in [1.807, 2.05) is 55.8 Å². The molecule has 11 heteroatoms. The number of aromatic nitrogens is 4. The molecule has 1 fully saturated rings. The van der Waals surface area contributed by atoms with E-state index >= 15 is 0 Å². The highest BCUT2D eigenvalue weighted by atomic mass is 79.9. The maximum Gasteiger partial charge on any atom is 0.410 e. The Bertz CT molecular complexity index is 1160. The van der Waals surface area contributed by atoms with Crippen molar-refractivity contribution in [3.8, 4) is 22.8 Å². The third-order valence-electron chi connectivity index (χ3n) is 5.40. The van der Waals surface area contributed by atoms with Crippen molar-refractivity contribution >= 4 is 22.0 Å². The number of nitrogens with zero attached hydrogens (tertiary/aromatic N) is 5.